The maximum atomic E-state index is 5.51. The number of anilines is 1. The van der Waals surface area contributed by atoms with Gasteiger partial charge in [0.2, 0.25) is 5.82 Å². The summed E-state index contributed by atoms with van der Waals surface area (Å²) in [5.74, 6) is 1.16. The Morgan fingerprint density at radius 3 is 2.56 bits per heavy atom. The van der Waals surface area contributed by atoms with Crippen LogP contribution in [-0.4, -0.2) is 41.2 Å². The van der Waals surface area contributed by atoms with Crippen LogP contribution in [0.25, 0.3) is 22.8 Å². The largest absolute Gasteiger partial charge is 0.383 e. The maximum Gasteiger partial charge on any atom is 0.260 e. The number of aromatic nitrogens is 2. The molecule has 1 aliphatic rings. The van der Waals surface area contributed by atoms with Crippen molar-refractivity contribution >= 4 is 5.69 Å². The standard InChI is InChI=1S/C20H22N4O/c1-2-8-16(9-3-1)19-22-20(25-23-19)17-10-4-5-11-18(17)21-12-15-24-13-6-7-14-24/h1-5,8-11,21H,6-7,12-15H2. The molecule has 1 aromatic heterocycles. The van der Waals surface area contributed by atoms with Crippen molar-refractivity contribution in [1.29, 1.82) is 0 Å². The first-order valence-electron chi connectivity index (χ1n) is 8.85. The molecule has 1 aliphatic heterocycles. The third-order valence-electron chi connectivity index (χ3n) is 4.56. The second-order valence-electron chi connectivity index (χ2n) is 6.31. The molecule has 3 aromatic rings. The summed E-state index contributed by atoms with van der Waals surface area (Å²) in [5.41, 5.74) is 2.93. The summed E-state index contributed by atoms with van der Waals surface area (Å²) in [6, 6.07) is 18.0. The van der Waals surface area contributed by atoms with Gasteiger partial charge in [-0.1, -0.05) is 47.6 Å². The fraction of sp³-hybridized carbons (Fsp3) is 0.300. The van der Waals surface area contributed by atoms with Crippen molar-refractivity contribution in [2.45, 2.75) is 12.8 Å². The molecule has 0 spiro atoms. The molecule has 1 fully saturated rings. The number of benzene rings is 2. The zero-order valence-corrected chi connectivity index (χ0v) is 14.2. The first-order chi connectivity index (χ1) is 12.4. The van der Waals surface area contributed by atoms with Gasteiger partial charge in [-0.15, -0.1) is 0 Å². The van der Waals surface area contributed by atoms with Gasteiger partial charge in [0.05, 0.1) is 5.56 Å². The zero-order chi connectivity index (χ0) is 16.9. The minimum absolute atomic E-state index is 0.545. The van der Waals surface area contributed by atoms with E-state index in [9.17, 15) is 0 Å². The normalized spacial score (nSPS) is 14.7. The van der Waals surface area contributed by atoms with Crippen molar-refractivity contribution in [3.63, 3.8) is 0 Å². The Morgan fingerprint density at radius 1 is 0.960 bits per heavy atom. The Hall–Kier alpha value is -2.66. The van der Waals surface area contributed by atoms with Crippen LogP contribution in [0.4, 0.5) is 5.69 Å². The molecule has 128 valence electrons. The van der Waals surface area contributed by atoms with E-state index >= 15 is 0 Å². The van der Waals surface area contributed by atoms with Crippen LogP contribution in [0.1, 0.15) is 12.8 Å². The highest BCUT2D eigenvalue weighted by molar-refractivity contribution is 5.73. The Balaban J connectivity index is 1.49. The molecule has 25 heavy (non-hydrogen) atoms. The van der Waals surface area contributed by atoms with Crippen molar-refractivity contribution in [3.05, 3.63) is 54.6 Å². The zero-order valence-electron chi connectivity index (χ0n) is 14.2. The molecule has 0 saturated carbocycles. The average Bonchev–Trinajstić information content (AvgIpc) is 3.35. The van der Waals surface area contributed by atoms with Crippen LogP contribution in [0.15, 0.2) is 59.1 Å². The molecular weight excluding hydrogens is 312 g/mol. The van der Waals surface area contributed by atoms with Crippen LogP contribution in [-0.2, 0) is 0 Å². The molecule has 0 unspecified atom stereocenters. The highest BCUT2D eigenvalue weighted by atomic mass is 16.5. The van der Waals surface area contributed by atoms with Crippen molar-refractivity contribution in [3.8, 4) is 22.8 Å². The summed E-state index contributed by atoms with van der Waals surface area (Å²) in [4.78, 5) is 7.06. The highest BCUT2D eigenvalue weighted by Crippen LogP contribution is 2.28. The Morgan fingerprint density at radius 2 is 1.72 bits per heavy atom. The molecule has 0 amide bonds. The van der Waals surface area contributed by atoms with Crippen LogP contribution in [0, 0.1) is 0 Å². The SMILES string of the molecule is c1ccc(-c2noc(-c3ccccc3NCCN3CCCC3)n2)cc1. The quantitative estimate of drug-likeness (QED) is 0.741. The molecule has 5 nitrogen and oxygen atoms in total. The number of para-hydroxylation sites is 1. The van der Waals surface area contributed by atoms with E-state index in [1.54, 1.807) is 0 Å². The molecule has 2 aromatic carbocycles. The lowest BCUT2D eigenvalue weighted by molar-refractivity contribution is 0.352. The summed E-state index contributed by atoms with van der Waals surface area (Å²) in [6.45, 7) is 4.41. The van der Waals surface area contributed by atoms with E-state index in [1.165, 1.54) is 25.9 Å². The van der Waals surface area contributed by atoms with E-state index < -0.39 is 0 Å². The molecule has 4 rings (SSSR count). The van der Waals surface area contributed by atoms with Gasteiger partial charge >= 0.3 is 0 Å². The molecule has 1 saturated heterocycles. The Labute approximate surface area is 147 Å². The predicted molar refractivity (Wildman–Crippen MR) is 99.3 cm³/mol. The number of hydrogen-bond acceptors (Lipinski definition) is 5. The van der Waals surface area contributed by atoms with Gasteiger partial charge in [0.25, 0.3) is 5.89 Å². The van der Waals surface area contributed by atoms with Gasteiger partial charge in [-0.3, -0.25) is 0 Å². The molecule has 0 aliphatic carbocycles. The van der Waals surface area contributed by atoms with E-state index in [2.05, 4.69) is 26.4 Å². The lowest BCUT2D eigenvalue weighted by atomic mass is 10.1. The third-order valence-corrected chi connectivity index (χ3v) is 4.56. The smallest absolute Gasteiger partial charge is 0.260 e. The van der Waals surface area contributed by atoms with Crippen LogP contribution in [0.5, 0.6) is 0 Å². The number of likely N-dealkylation sites (tertiary alicyclic amines) is 1. The topological polar surface area (TPSA) is 54.2 Å². The number of rotatable bonds is 6. The molecule has 2 heterocycles. The van der Waals surface area contributed by atoms with Crippen LogP contribution < -0.4 is 5.32 Å². The van der Waals surface area contributed by atoms with Gasteiger partial charge in [-0.05, 0) is 38.1 Å². The fourth-order valence-electron chi connectivity index (χ4n) is 3.22. The molecule has 0 atom stereocenters. The summed E-state index contributed by atoms with van der Waals surface area (Å²) < 4.78 is 5.51. The number of nitrogens with one attached hydrogen (secondary N) is 1. The number of nitrogens with zero attached hydrogens (tertiary/aromatic N) is 3. The molecular formula is C20H22N4O. The summed E-state index contributed by atoms with van der Waals surface area (Å²) in [5, 5.41) is 7.64. The van der Waals surface area contributed by atoms with E-state index in [-0.39, 0.29) is 0 Å². The first kappa shape index (κ1) is 15.8. The maximum absolute atomic E-state index is 5.51. The van der Waals surface area contributed by atoms with Gasteiger partial charge in [0, 0.05) is 24.3 Å². The second kappa shape index (κ2) is 7.49. The van der Waals surface area contributed by atoms with Gasteiger partial charge in [-0.25, -0.2) is 0 Å². The minimum Gasteiger partial charge on any atom is -0.383 e. The summed E-state index contributed by atoms with van der Waals surface area (Å²) in [6.07, 6.45) is 2.64. The highest BCUT2D eigenvalue weighted by Gasteiger charge is 2.14. The van der Waals surface area contributed by atoms with Crippen molar-refractivity contribution in [2.24, 2.45) is 0 Å². The van der Waals surface area contributed by atoms with Crippen LogP contribution in [0.2, 0.25) is 0 Å². The van der Waals surface area contributed by atoms with E-state index in [0.29, 0.717) is 11.7 Å². The predicted octanol–water partition coefficient (Wildman–Crippen LogP) is 3.91. The second-order valence-corrected chi connectivity index (χ2v) is 6.31. The Kier molecular flexibility index (Phi) is 4.74. The van der Waals surface area contributed by atoms with Crippen molar-refractivity contribution in [2.75, 3.05) is 31.5 Å². The number of hydrogen-bond donors (Lipinski definition) is 1. The molecule has 0 radical (unpaired) electrons. The molecule has 0 bridgehead atoms. The van der Waals surface area contributed by atoms with Gasteiger partial charge in [0.15, 0.2) is 0 Å². The van der Waals surface area contributed by atoms with E-state index in [1.807, 2.05) is 48.5 Å². The van der Waals surface area contributed by atoms with Crippen LogP contribution >= 0.6 is 0 Å². The molecule has 1 N–H and O–H groups in total. The Bertz CT molecular complexity index is 809. The monoisotopic (exact) mass is 334 g/mol. The van der Waals surface area contributed by atoms with Gasteiger partial charge < -0.3 is 14.7 Å². The van der Waals surface area contributed by atoms with Gasteiger partial charge in [-0.2, -0.15) is 4.98 Å². The van der Waals surface area contributed by atoms with E-state index in [4.69, 9.17) is 4.52 Å². The fourth-order valence-corrected chi connectivity index (χ4v) is 3.22. The lowest BCUT2D eigenvalue weighted by Crippen LogP contribution is -2.26. The minimum atomic E-state index is 0.545. The average molecular weight is 334 g/mol. The lowest BCUT2D eigenvalue weighted by Gasteiger charge is -2.16. The summed E-state index contributed by atoms with van der Waals surface area (Å²) in [7, 11) is 0. The third kappa shape index (κ3) is 3.72. The first-order valence-corrected chi connectivity index (χ1v) is 8.85. The van der Waals surface area contributed by atoms with Gasteiger partial charge in [0.1, 0.15) is 0 Å². The summed E-state index contributed by atoms with van der Waals surface area (Å²) >= 11 is 0. The van der Waals surface area contributed by atoms with Crippen molar-refractivity contribution in [1.82, 2.24) is 15.0 Å². The molecule has 5 heteroatoms. The van der Waals surface area contributed by atoms with Crippen LogP contribution in [0.3, 0.4) is 0 Å². The van der Waals surface area contributed by atoms with Crippen molar-refractivity contribution < 1.29 is 4.52 Å². The van der Waals surface area contributed by atoms with E-state index in [0.717, 1.165) is 29.9 Å².